The third kappa shape index (κ3) is 4.05. The number of nitrogens with zero attached hydrogens (tertiary/aromatic N) is 2. The number of amides is 2. The molecule has 2 aromatic carbocycles. The minimum atomic E-state index is -0.516. The molecular formula is C19H19N3O4. The predicted molar refractivity (Wildman–Crippen MR) is 96.4 cm³/mol. The van der Waals surface area contributed by atoms with Crippen molar-refractivity contribution in [3.8, 4) is 0 Å². The molecule has 0 aliphatic carbocycles. The van der Waals surface area contributed by atoms with Crippen LogP contribution < -0.4 is 5.32 Å². The number of carbonyl (C=O) groups excluding carboxylic acids is 2. The minimum Gasteiger partial charge on any atom is -0.338 e. The van der Waals surface area contributed by atoms with E-state index in [9.17, 15) is 19.7 Å². The summed E-state index contributed by atoms with van der Waals surface area (Å²) in [6.45, 7) is 2.81. The average molecular weight is 353 g/mol. The third-order valence-corrected chi connectivity index (χ3v) is 4.40. The fourth-order valence-corrected chi connectivity index (χ4v) is 2.96. The van der Waals surface area contributed by atoms with Crippen LogP contribution in [0.4, 0.5) is 11.4 Å². The van der Waals surface area contributed by atoms with Gasteiger partial charge in [-0.25, -0.2) is 0 Å². The van der Waals surface area contributed by atoms with Crippen LogP contribution in [0.3, 0.4) is 0 Å². The molecule has 26 heavy (non-hydrogen) atoms. The van der Waals surface area contributed by atoms with E-state index in [2.05, 4.69) is 5.32 Å². The van der Waals surface area contributed by atoms with Crippen molar-refractivity contribution in [3.63, 3.8) is 0 Å². The highest BCUT2D eigenvalue weighted by Crippen LogP contribution is 2.23. The van der Waals surface area contributed by atoms with E-state index in [4.69, 9.17) is 0 Å². The first-order valence-electron chi connectivity index (χ1n) is 8.31. The van der Waals surface area contributed by atoms with Crippen molar-refractivity contribution in [2.75, 3.05) is 11.9 Å². The van der Waals surface area contributed by atoms with Gasteiger partial charge in [0.1, 0.15) is 0 Å². The second kappa shape index (κ2) is 7.35. The first kappa shape index (κ1) is 17.6. The number of anilines is 1. The second-order valence-electron chi connectivity index (χ2n) is 6.46. The molecule has 0 aromatic heterocycles. The van der Waals surface area contributed by atoms with Crippen LogP contribution in [-0.4, -0.2) is 28.2 Å². The van der Waals surface area contributed by atoms with Crippen molar-refractivity contribution in [3.05, 3.63) is 69.8 Å². The van der Waals surface area contributed by atoms with E-state index in [1.165, 1.54) is 18.2 Å². The Morgan fingerprint density at radius 3 is 2.69 bits per heavy atom. The lowest BCUT2D eigenvalue weighted by atomic mass is 10.1. The fourth-order valence-electron chi connectivity index (χ4n) is 2.96. The molecule has 0 radical (unpaired) electrons. The van der Waals surface area contributed by atoms with Gasteiger partial charge in [-0.05, 0) is 18.6 Å². The van der Waals surface area contributed by atoms with Crippen LogP contribution in [0, 0.1) is 23.0 Å². The third-order valence-electron chi connectivity index (χ3n) is 4.40. The maximum absolute atomic E-state index is 12.4. The van der Waals surface area contributed by atoms with Gasteiger partial charge in [-0.2, -0.15) is 0 Å². The molecule has 7 nitrogen and oxygen atoms in total. The van der Waals surface area contributed by atoms with Gasteiger partial charge in [0.05, 0.1) is 10.8 Å². The van der Waals surface area contributed by atoms with Gasteiger partial charge in [0.2, 0.25) is 11.8 Å². The molecule has 2 aromatic rings. The van der Waals surface area contributed by atoms with E-state index < -0.39 is 10.8 Å². The van der Waals surface area contributed by atoms with Crippen LogP contribution >= 0.6 is 0 Å². The quantitative estimate of drug-likeness (QED) is 0.661. The fraction of sp³-hybridized carbons (Fsp3) is 0.263. The van der Waals surface area contributed by atoms with Gasteiger partial charge < -0.3 is 10.2 Å². The van der Waals surface area contributed by atoms with Crippen LogP contribution in [0.25, 0.3) is 0 Å². The number of aryl methyl sites for hydroxylation is 1. The number of nitrogens with one attached hydrogen (secondary N) is 1. The summed E-state index contributed by atoms with van der Waals surface area (Å²) in [5.41, 5.74) is 2.43. The summed E-state index contributed by atoms with van der Waals surface area (Å²) in [4.78, 5) is 36.6. The number of non-ortho nitro benzene ring substituents is 1. The molecular weight excluding hydrogens is 334 g/mol. The highest BCUT2D eigenvalue weighted by atomic mass is 16.6. The van der Waals surface area contributed by atoms with Crippen molar-refractivity contribution in [2.24, 2.45) is 5.92 Å². The van der Waals surface area contributed by atoms with E-state index in [1.54, 1.807) is 11.0 Å². The lowest BCUT2D eigenvalue weighted by Crippen LogP contribution is -2.28. The number of nitro groups is 1. The van der Waals surface area contributed by atoms with Crippen LogP contribution in [0.5, 0.6) is 0 Å². The van der Waals surface area contributed by atoms with Gasteiger partial charge in [0.25, 0.3) is 5.69 Å². The number of carbonyl (C=O) groups is 2. The van der Waals surface area contributed by atoms with E-state index >= 15 is 0 Å². The molecule has 134 valence electrons. The largest absolute Gasteiger partial charge is 0.338 e. The topological polar surface area (TPSA) is 92.6 Å². The molecule has 1 fully saturated rings. The Kier molecular flexibility index (Phi) is 4.97. The summed E-state index contributed by atoms with van der Waals surface area (Å²) < 4.78 is 0. The predicted octanol–water partition coefficient (Wildman–Crippen LogP) is 2.89. The van der Waals surface area contributed by atoms with Crippen molar-refractivity contribution in [1.29, 1.82) is 0 Å². The van der Waals surface area contributed by atoms with E-state index in [0.717, 1.165) is 11.1 Å². The van der Waals surface area contributed by atoms with Crippen LogP contribution in [0.15, 0.2) is 48.5 Å². The Morgan fingerprint density at radius 1 is 1.27 bits per heavy atom. The van der Waals surface area contributed by atoms with Crippen molar-refractivity contribution in [1.82, 2.24) is 4.90 Å². The molecule has 3 rings (SSSR count). The smallest absolute Gasteiger partial charge is 0.271 e. The van der Waals surface area contributed by atoms with E-state index in [1.807, 2.05) is 31.2 Å². The maximum atomic E-state index is 12.4. The summed E-state index contributed by atoms with van der Waals surface area (Å²) in [6.07, 6.45) is 0.145. The highest BCUT2D eigenvalue weighted by molar-refractivity contribution is 5.97. The van der Waals surface area contributed by atoms with Crippen LogP contribution in [0.1, 0.15) is 17.5 Å². The Labute approximate surface area is 150 Å². The molecule has 1 saturated heterocycles. The van der Waals surface area contributed by atoms with Crippen molar-refractivity contribution in [2.45, 2.75) is 19.9 Å². The van der Waals surface area contributed by atoms with Crippen LogP contribution in [-0.2, 0) is 16.1 Å². The second-order valence-corrected chi connectivity index (χ2v) is 6.46. The standard InChI is InChI=1S/C19H19N3O4/c1-13-5-7-14(8-6-13)11-21-12-15(9-18(21)23)19(24)20-16-3-2-4-17(10-16)22(25)26/h2-8,10,15H,9,11-12H2,1H3,(H,20,24). The molecule has 1 atom stereocenters. The SMILES string of the molecule is Cc1ccc(CN2CC(C(=O)Nc3cccc([N+](=O)[O-])c3)CC2=O)cc1. The monoisotopic (exact) mass is 353 g/mol. The zero-order valence-electron chi connectivity index (χ0n) is 14.3. The lowest BCUT2D eigenvalue weighted by Gasteiger charge is -2.17. The normalized spacial score (nSPS) is 16.6. The summed E-state index contributed by atoms with van der Waals surface area (Å²) in [6, 6.07) is 13.7. The maximum Gasteiger partial charge on any atom is 0.271 e. The van der Waals surface area contributed by atoms with Gasteiger partial charge in [0.15, 0.2) is 0 Å². The van der Waals surface area contributed by atoms with E-state index in [-0.39, 0.29) is 23.9 Å². The Balaban J connectivity index is 1.62. The summed E-state index contributed by atoms with van der Waals surface area (Å²) >= 11 is 0. The van der Waals surface area contributed by atoms with Gasteiger partial charge in [0, 0.05) is 37.3 Å². The molecule has 1 N–H and O–H groups in total. The molecule has 0 bridgehead atoms. The van der Waals surface area contributed by atoms with Crippen LogP contribution in [0.2, 0.25) is 0 Å². The van der Waals surface area contributed by atoms with Crippen molar-refractivity contribution < 1.29 is 14.5 Å². The molecule has 0 saturated carbocycles. The number of hydrogen-bond donors (Lipinski definition) is 1. The van der Waals surface area contributed by atoms with Gasteiger partial charge >= 0.3 is 0 Å². The minimum absolute atomic E-state index is 0.0650. The summed E-state index contributed by atoms with van der Waals surface area (Å²) in [5, 5.41) is 13.5. The number of rotatable bonds is 5. The summed E-state index contributed by atoms with van der Waals surface area (Å²) in [5.74, 6) is -0.831. The first-order chi connectivity index (χ1) is 12.4. The van der Waals surface area contributed by atoms with Gasteiger partial charge in [-0.1, -0.05) is 35.9 Å². The molecule has 1 heterocycles. The van der Waals surface area contributed by atoms with E-state index in [0.29, 0.717) is 18.8 Å². The number of hydrogen-bond acceptors (Lipinski definition) is 4. The first-order valence-corrected chi connectivity index (χ1v) is 8.31. The molecule has 0 spiro atoms. The molecule has 1 aliphatic rings. The number of likely N-dealkylation sites (tertiary alicyclic amines) is 1. The zero-order valence-corrected chi connectivity index (χ0v) is 14.3. The highest BCUT2D eigenvalue weighted by Gasteiger charge is 2.34. The Bertz CT molecular complexity index is 848. The van der Waals surface area contributed by atoms with Gasteiger partial charge in [-0.15, -0.1) is 0 Å². The molecule has 1 aliphatic heterocycles. The Hall–Kier alpha value is -3.22. The molecule has 2 amide bonds. The summed E-state index contributed by atoms with van der Waals surface area (Å²) in [7, 11) is 0. The zero-order chi connectivity index (χ0) is 18.7. The Morgan fingerprint density at radius 2 is 2.00 bits per heavy atom. The average Bonchev–Trinajstić information content (AvgIpc) is 2.98. The lowest BCUT2D eigenvalue weighted by molar-refractivity contribution is -0.384. The van der Waals surface area contributed by atoms with Gasteiger partial charge in [-0.3, -0.25) is 19.7 Å². The number of nitro benzene ring substituents is 1. The molecule has 1 unspecified atom stereocenters. The molecule has 7 heteroatoms. The van der Waals surface area contributed by atoms with Crippen molar-refractivity contribution >= 4 is 23.2 Å². The number of benzene rings is 2.